The van der Waals surface area contributed by atoms with E-state index >= 15 is 0 Å². The van der Waals surface area contributed by atoms with Crippen molar-refractivity contribution in [3.8, 4) is 22.8 Å². The van der Waals surface area contributed by atoms with Gasteiger partial charge in [0.2, 0.25) is 5.88 Å². The zero-order chi connectivity index (χ0) is 33.3. The van der Waals surface area contributed by atoms with Crippen LogP contribution < -0.4 is 20.7 Å². The number of benzene rings is 2. The lowest BCUT2D eigenvalue weighted by Crippen LogP contribution is -2.43. The van der Waals surface area contributed by atoms with Gasteiger partial charge in [-0.2, -0.15) is 0 Å². The Balaban J connectivity index is 1.03. The monoisotopic (exact) mass is 672 g/mol. The van der Waals surface area contributed by atoms with E-state index in [0.29, 0.717) is 42.1 Å². The summed E-state index contributed by atoms with van der Waals surface area (Å²) in [5.74, 6) is -0.849. The van der Waals surface area contributed by atoms with Crippen LogP contribution in [0.4, 0.5) is 4.39 Å². The van der Waals surface area contributed by atoms with Crippen molar-refractivity contribution >= 4 is 23.2 Å². The van der Waals surface area contributed by atoms with E-state index in [0.717, 1.165) is 69.0 Å². The molecule has 0 spiro atoms. The lowest BCUT2D eigenvalue weighted by atomic mass is 9.91. The molecule has 0 bridgehead atoms. The number of thiazole rings is 1. The summed E-state index contributed by atoms with van der Waals surface area (Å²) >= 11 is 1.20. The number of aliphatic hydroxyl groups excluding tert-OH is 1. The Morgan fingerprint density at radius 2 is 1.71 bits per heavy atom. The third kappa shape index (κ3) is 9.01. The van der Waals surface area contributed by atoms with Gasteiger partial charge in [-0.05, 0) is 80.0 Å². The van der Waals surface area contributed by atoms with Crippen LogP contribution in [-0.2, 0) is 13.0 Å². The maximum Gasteiger partial charge on any atom is 0.280 e. The van der Waals surface area contributed by atoms with E-state index in [9.17, 15) is 19.1 Å². The number of aromatic nitrogens is 2. The van der Waals surface area contributed by atoms with Crippen molar-refractivity contribution in [3.05, 3.63) is 93.8 Å². The van der Waals surface area contributed by atoms with Crippen LogP contribution in [0, 0.1) is 5.82 Å². The van der Waals surface area contributed by atoms with Gasteiger partial charge in [0.05, 0.1) is 18.5 Å². The van der Waals surface area contributed by atoms with Crippen LogP contribution in [0.3, 0.4) is 0 Å². The molecule has 1 aliphatic carbocycles. The summed E-state index contributed by atoms with van der Waals surface area (Å²) < 4.78 is 20.4. The Morgan fingerprint density at radius 3 is 2.42 bits per heavy atom. The molecular weight excluding hydrogens is 631 g/mol. The predicted molar refractivity (Wildman–Crippen MR) is 183 cm³/mol. The SMILES string of the molecule is O=C(N[C@H]1CC[C@H](NC(=O)c2cc(F)cnc2Oc2cccc(-c3ccc(CCCN4CCNCC4)cc3)c2)CC1)c1nc(CO)cs1. The average molecular weight is 673 g/mol. The molecule has 10 nitrogen and oxygen atoms in total. The number of amides is 2. The molecule has 3 heterocycles. The summed E-state index contributed by atoms with van der Waals surface area (Å²) in [6, 6.07) is 17.1. The molecule has 1 saturated carbocycles. The number of rotatable bonds is 12. The molecule has 0 unspecified atom stereocenters. The first kappa shape index (κ1) is 33.7. The van der Waals surface area contributed by atoms with Crippen molar-refractivity contribution in [2.45, 2.75) is 57.2 Å². The van der Waals surface area contributed by atoms with Crippen molar-refractivity contribution in [1.82, 2.24) is 30.8 Å². The predicted octanol–water partition coefficient (Wildman–Crippen LogP) is 4.94. The summed E-state index contributed by atoms with van der Waals surface area (Å²) in [5, 5.41) is 20.6. The van der Waals surface area contributed by atoms with Crippen LogP contribution in [0.15, 0.2) is 66.2 Å². The number of hydrogen-bond acceptors (Lipinski definition) is 9. The Kier molecular flexibility index (Phi) is 11.4. The molecule has 0 radical (unpaired) electrons. The number of ether oxygens (including phenoxy) is 1. The second-order valence-electron chi connectivity index (χ2n) is 12.3. The largest absolute Gasteiger partial charge is 0.438 e. The summed E-state index contributed by atoms with van der Waals surface area (Å²) in [5.41, 5.74) is 3.80. The van der Waals surface area contributed by atoms with Gasteiger partial charge in [-0.3, -0.25) is 9.59 Å². The summed E-state index contributed by atoms with van der Waals surface area (Å²) in [7, 11) is 0. The second-order valence-corrected chi connectivity index (χ2v) is 13.2. The van der Waals surface area contributed by atoms with Crippen molar-refractivity contribution in [2.75, 3.05) is 32.7 Å². The van der Waals surface area contributed by atoms with Crippen LogP contribution in [0.25, 0.3) is 11.1 Å². The van der Waals surface area contributed by atoms with E-state index in [2.05, 4.69) is 55.1 Å². The summed E-state index contributed by atoms with van der Waals surface area (Å²) in [4.78, 5) is 36.6. The van der Waals surface area contributed by atoms with Gasteiger partial charge >= 0.3 is 0 Å². The summed E-state index contributed by atoms with van der Waals surface area (Å²) in [6.07, 6.45) is 5.83. The van der Waals surface area contributed by atoms with Gasteiger partial charge in [0.15, 0.2) is 5.01 Å². The average Bonchev–Trinajstić information content (AvgIpc) is 3.61. The molecule has 4 aromatic rings. The Hall–Kier alpha value is -4.23. The van der Waals surface area contributed by atoms with Crippen molar-refractivity contribution < 1.29 is 23.8 Å². The van der Waals surface area contributed by atoms with E-state index < -0.39 is 11.7 Å². The van der Waals surface area contributed by atoms with E-state index in [1.54, 1.807) is 11.4 Å². The Morgan fingerprint density at radius 1 is 0.979 bits per heavy atom. The molecule has 48 heavy (non-hydrogen) atoms. The first-order chi connectivity index (χ1) is 23.4. The van der Waals surface area contributed by atoms with Crippen molar-refractivity contribution in [2.24, 2.45) is 0 Å². The van der Waals surface area contributed by atoms with Gasteiger partial charge in [0, 0.05) is 43.6 Å². The maximum absolute atomic E-state index is 14.3. The zero-order valence-corrected chi connectivity index (χ0v) is 27.6. The molecule has 2 aromatic carbocycles. The smallest absolute Gasteiger partial charge is 0.280 e. The lowest BCUT2D eigenvalue weighted by Gasteiger charge is -2.29. The number of carbonyl (C=O) groups is 2. The normalized spacial score (nSPS) is 18.3. The minimum atomic E-state index is -0.632. The molecule has 1 saturated heterocycles. The number of hydrogen-bond donors (Lipinski definition) is 4. The molecule has 4 N–H and O–H groups in total. The summed E-state index contributed by atoms with van der Waals surface area (Å²) in [6.45, 7) is 5.27. The molecule has 2 amide bonds. The van der Waals surface area contributed by atoms with Crippen molar-refractivity contribution in [3.63, 3.8) is 0 Å². The highest BCUT2D eigenvalue weighted by Crippen LogP contribution is 2.29. The number of nitrogens with zero attached hydrogens (tertiary/aromatic N) is 3. The Bertz CT molecular complexity index is 1690. The molecule has 6 rings (SSSR count). The highest BCUT2D eigenvalue weighted by Gasteiger charge is 2.26. The number of aryl methyl sites for hydroxylation is 1. The van der Waals surface area contributed by atoms with Gasteiger partial charge in [0.25, 0.3) is 11.8 Å². The fourth-order valence-electron chi connectivity index (χ4n) is 6.20. The maximum atomic E-state index is 14.3. The van der Waals surface area contributed by atoms with E-state index in [1.165, 1.54) is 16.9 Å². The highest BCUT2D eigenvalue weighted by atomic mass is 32.1. The van der Waals surface area contributed by atoms with Crippen LogP contribution >= 0.6 is 11.3 Å². The van der Waals surface area contributed by atoms with Gasteiger partial charge in [-0.25, -0.2) is 14.4 Å². The molecule has 0 atom stereocenters. The van der Waals surface area contributed by atoms with E-state index in [1.807, 2.05) is 18.2 Å². The molecule has 2 fully saturated rings. The molecule has 2 aliphatic rings. The molecule has 2 aromatic heterocycles. The first-order valence-electron chi connectivity index (χ1n) is 16.6. The lowest BCUT2D eigenvalue weighted by molar-refractivity contribution is 0.0889. The minimum Gasteiger partial charge on any atom is -0.438 e. The molecule has 1 aliphatic heterocycles. The van der Waals surface area contributed by atoms with Crippen molar-refractivity contribution in [1.29, 1.82) is 0 Å². The number of halogens is 1. The zero-order valence-electron chi connectivity index (χ0n) is 26.8. The van der Waals surface area contributed by atoms with Gasteiger partial charge in [-0.1, -0.05) is 36.4 Å². The van der Waals surface area contributed by atoms with E-state index in [-0.39, 0.29) is 36.0 Å². The molecular formula is C36H41FN6O4S. The second kappa shape index (κ2) is 16.2. The minimum absolute atomic E-state index is 0.0180. The van der Waals surface area contributed by atoms with Gasteiger partial charge in [0.1, 0.15) is 17.1 Å². The van der Waals surface area contributed by atoms with Gasteiger partial charge in [-0.15, -0.1) is 11.3 Å². The highest BCUT2D eigenvalue weighted by molar-refractivity contribution is 7.11. The standard InChI is InChI=1S/C36H41FN6O4S/c37-27-20-32(33(45)40-28-10-12-29(13-11-28)41-34(46)36-42-30(22-44)23-48-36)35(39-21-27)47-31-5-1-4-26(19-31)25-8-6-24(7-9-25)3-2-16-43-17-14-38-15-18-43/h1,4-9,19-21,23,28-29,38,44H,2-3,10-18,22H2,(H,40,45)(H,41,46)/t28-,29-. The molecule has 12 heteroatoms. The first-order valence-corrected chi connectivity index (χ1v) is 17.4. The third-order valence-electron chi connectivity index (χ3n) is 8.85. The quantitative estimate of drug-likeness (QED) is 0.167. The number of pyridine rings is 1. The number of aliphatic hydroxyl groups is 1. The van der Waals surface area contributed by atoms with Crippen LogP contribution in [0.1, 0.15) is 63.5 Å². The molecule has 252 valence electrons. The number of nitrogens with one attached hydrogen (secondary N) is 3. The van der Waals surface area contributed by atoms with Crippen LogP contribution in [-0.4, -0.2) is 76.6 Å². The van der Waals surface area contributed by atoms with E-state index in [4.69, 9.17) is 4.74 Å². The van der Waals surface area contributed by atoms with Crippen LogP contribution in [0.5, 0.6) is 11.6 Å². The number of carbonyl (C=O) groups excluding carboxylic acids is 2. The topological polar surface area (TPSA) is 129 Å². The number of piperazine rings is 1. The fraction of sp³-hybridized carbons (Fsp3) is 0.389. The fourth-order valence-corrected chi connectivity index (χ4v) is 6.91. The van der Waals surface area contributed by atoms with Gasteiger partial charge < -0.3 is 30.7 Å². The Labute approximate surface area is 283 Å². The third-order valence-corrected chi connectivity index (χ3v) is 9.74. The van der Waals surface area contributed by atoms with Crippen LogP contribution in [0.2, 0.25) is 0 Å².